The number of nitrogen functional groups attached to an aromatic ring is 1. The molecule has 114 valence electrons. The Balaban J connectivity index is 2.17. The topological polar surface area (TPSA) is 106 Å². The fraction of sp³-hybridized carbons (Fsp3) is 0.286. The molecular formula is C14H15N4O3S+. The molecule has 0 saturated carbocycles. The molecule has 0 radical (unpaired) electrons. The number of anilines is 1. The minimum atomic E-state index is -0.722. The van der Waals surface area contributed by atoms with Gasteiger partial charge in [-0.3, -0.25) is 9.32 Å². The number of fused-ring (bicyclic) bond motifs is 1. The Morgan fingerprint density at radius 3 is 2.77 bits per heavy atom. The third-order valence-electron chi connectivity index (χ3n) is 3.43. The lowest BCUT2D eigenvalue weighted by Gasteiger charge is -2.02. The molecule has 3 aromatic rings. The van der Waals surface area contributed by atoms with Crippen molar-refractivity contribution in [3.8, 4) is 0 Å². The quantitative estimate of drug-likeness (QED) is 0.560. The molecule has 0 aromatic carbocycles. The predicted octanol–water partition coefficient (Wildman–Crippen LogP) is 1.34. The van der Waals surface area contributed by atoms with Gasteiger partial charge in [-0.25, -0.2) is 9.78 Å². The monoisotopic (exact) mass is 319 g/mol. The normalized spacial score (nSPS) is 11.5. The Morgan fingerprint density at radius 2 is 2.18 bits per heavy atom. The molecule has 0 bridgehead atoms. The summed E-state index contributed by atoms with van der Waals surface area (Å²) >= 11 is 1.19. The lowest BCUT2D eigenvalue weighted by molar-refractivity contribution is -0.741. The summed E-state index contributed by atoms with van der Waals surface area (Å²) in [6, 6.07) is 3.76. The first kappa shape index (κ1) is 14.5. The van der Waals surface area contributed by atoms with Crippen LogP contribution in [0.15, 0.2) is 21.5 Å². The zero-order valence-corrected chi connectivity index (χ0v) is 13.2. The van der Waals surface area contributed by atoms with Gasteiger partial charge in [0.1, 0.15) is 9.71 Å². The molecule has 0 unspecified atom stereocenters. The Kier molecular flexibility index (Phi) is 3.32. The molecule has 22 heavy (non-hydrogen) atoms. The van der Waals surface area contributed by atoms with Gasteiger partial charge in [0.05, 0.1) is 5.69 Å². The van der Waals surface area contributed by atoms with Crippen molar-refractivity contribution in [2.24, 2.45) is 7.05 Å². The number of aryl methyl sites for hydroxylation is 1. The highest BCUT2D eigenvalue weighted by atomic mass is 32.1. The summed E-state index contributed by atoms with van der Waals surface area (Å²) < 4.78 is 5.85. The summed E-state index contributed by atoms with van der Waals surface area (Å²) in [7, 11) is 1.52. The largest absolute Gasteiger partial charge is 0.438 e. The van der Waals surface area contributed by atoms with Crippen LogP contribution in [0.25, 0.3) is 10.2 Å². The van der Waals surface area contributed by atoms with Crippen LogP contribution in [0.4, 0.5) is 5.69 Å². The van der Waals surface area contributed by atoms with E-state index in [1.807, 2.05) is 26.0 Å². The number of aromatic nitrogens is 3. The van der Waals surface area contributed by atoms with Crippen molar-refractivity contribution in [3.63, 3.8) is 0 Å². The Labute approximate surface area is 129 Å². The molecular weight excluding hydrogens is 304 g/mol. The van der Waals surface area contributed by atoms with Crippen LogP contribution in [0.5, 0.6) is 0 Å². The van der Waals surface area contributed by atoms with Crippen LogP contribution in [0, 0.1) is 0 Å². The maximum atomic E-state index is 12.6. The van der Waals surface area contributed by atoms with Crippen LogP contribution in [-0.2, 0) is 7.05 Å². The van der Waals surface area contributed by atoms with Gasteiger partial charge in [-0.2, -0.15) is 0 Å². The highest BCUT2D eigenvalue weighted by Crippen LogP contribution is 2.34. The van der Waals surface area contributed by atoms with Crippen molar-refractivity contribution in [2.45, 2.75) is 19.8 Å². The van der Waals surface area contributed by atoms with Crippen LogP contribution in [0.3, 0.4) is 0 Å². The molecule has 0 atom stereocenters. The van der Waals surface area contributed by atoms with E-state index < -0.39 is 11.4 Å². The van der Waals surface area contributed by atoms with E-state index in [2.05, 4.69) is 14.8 Å². The average molecular weight is 319 g/mol. The van der Waals surface area contributed by atoms with Crippen LogP contribution in [0.2, 0.25) is 0 Å². The molecule has 3 heterocycles. The van der Waals surface area contributed by atoms with Crippen molar-refractivity contribution < 1.29 is 14.0 Å². The van der Waals surface area contributed by atoms with Gasteiger partial charge in [0.15, 0.2) is 7.05 Å². The number of rotatable bonds is 3. The van der Waals surface area contributed by atoms with Gasteiger partial charge in [-0.1, -0.05) is 18.5 Å². The van der Waals surface area contributed by atoms with E-state index in [9.17, 15) is 9.59 Å². The molecule has 0 aliphatic rings. The number of nitrogens with zero attached hydrogens (tertiary/aromatic N) is 2. The first-order valence-electron chi connectivity index (χ1n) is 6.71. The average Bonchev–Trinajstić information content (AvgIpc) is 2.98. The summed E-state index contributed by atoms with van der Waals surface area (Å²) in [5.41, 5.74) is 6.52. The van der Waals surface area contributed by atoms with Crippen LogP contribution < -0.4 is 16.0 Å². The maximum absolute atomic E-state index is 12.6. The summed E-state index contributed by atoms with van der Waals surface area (Å²) in [5.74, 6) is -0.189. The number of hydrogen-bond acceptors (Lipinski definition) is 6. The number of carbonyl (C=O) groups excluding carboxylic acids is 1. The van der Waals surface area contributed by atoms with Crippen molar-refractivity contribution in [1.82, 2.24) is 10.3 Å². The van der Waals surface area contributed by atoms with E-state index in [0.29, 0.717) is 15.4 Å². The number of nitrogens with two attached hydrogens (primary N) is 1. The van der Waals surface area contributed by atoms with Gasteiger partial charge < -0.3 is 5.73 Å². The third-order valence-corrected chi connectivity index (χ3v) is 4.55. The summed E-state index contributed by atoms with van der Waals surface area (Å²) in [6.45, 7) is 4.09. The van der Waals surface area contributed by atoms with Crippen molar-refractivity contribution >= 4 is 33.0 Å². The Morgan fingerprint density at radius 1 is 1.45 bits per heavy atom. The highest BCUT2D eigenvalue weighted by molar-refractivity contribution is 7.21. The van der Waals surface area contributed by atoms with Gasteiger partial charge >= 0.3 is 11.3 Å². The van der Waals surface area contributed by atoms with Gasteiger partial charge in [-0.15, -0.1) is 11.3 Å². The minimum Gasteiger partial charge on any atom is -0.397 e. The lowest BCUT2D eigenvalue weighted by atomic mass is 10.1. The number of ketones is 1. The van der Waals surface area contributed by atoms with E-state index >= 15 is 0 Å². The molecule has 3 rings (SSSR count). The Hall–Kier alpha value is -2.48. The SMILES string of the molecule is CC(C)c1ccc2c(N)c(C(=O)c3c(=O)o[nH][n+]3C)sc2n1. The number of H-pyrrole nitrogens is 1. The number of thiophene rings is 1. The highest BCUT2D eigenvalue weighted by Gasteiger charge is 2.31. The molecule has 0 aliphatic heterocycles. The molecule has 0 saturated heterocycles. The fourth-order valence-electron chi connectivity index (χ4n) is 2.20. The second-order valence-electron chi connectivity index (χ2n) is 5.31. The number of nitrogens with one attached hydrogen (secondary N) is 1. The van der Waals surface area contributed by atoms with Gasteiger partial charge in [0, 0.05) is 11.1 Å². The van der Waals surface area contributed by atoms with Crippen molar-refractivity contribution in [3.05, 3.63) is 38.8 Å². The smallest absolute Gasteiger partial charge is 0.397 e. The standard InChI is InChI=1S/C14H14N4O3S/c1-6(2)8-5-4-7-9(15)12(22-13(7)16-8)11(19)10-14(20)21-17-18(10)3/h4-6H,1-3H3,(H2-,15,17,19,20)/p+1. The molecule has 3 aromatic heterocycles. The van der Waals surface area contributed by atoms with Crippen LogP contribution in [-0.4, -0.2) is 16.0 Å². The van der Waals surface area contributed by atoms with E-state index in [-0.39, 0.29) is 11.6 Å². The molecule has 7 nitrogen and oxygen atoms in total. The second kappa shape index (κ2) is 5.06. The molecule has 0 spiro atoms. The minimum absolute atomic E-state index is 0.0951. The second-order valence-corrected chi connectivity index (χ2v) is 6.31. The fourth-order valence-corrected chi connectivity index (χ4v) is 3.24. The number of aromatic amines is 1. The van der Waals surface area contributed by atoms with E-state index in [1.54, 1.807) is 0 Å². The number of hydrogen-bond donors (Lipinski definition) is 2. The van der Waals surface area contributed by atoms with Crippen LogP contribution >= 0.6 is 11.3 Å². The first-order chi connectivity index (χ1) is 10.4. The molecule has 0 amide bonds. The first-order valence-corrected chi connectivity index (χ1v) is 7.53. The lowest BCUT2D eigenvalue weighted by Crippen LogP contribution is -2.39. The predicted molar refractivity (Wildman–Crippen MR) is 82.1 cm³/mol. The summed E-state index contributed by atoms with van der Waals surface area (Å²) in [6.07, 6.45) is 0. The summed E-state index contributed by atoms with van der Waals surface area (Å²) in [4.78, 5) is 29.7. The van der Waals surface area contributed by atoms with Gasteiger partial charge in [-0.05, 0) is 23.3 Å². The molecule has 0 fully saturated rings. The number of pyridine rings is 1. The summed E-state index contributed by atoms with van der Waals surface area (Å²) in [5, 5.41) is 3.04. The number of carbonyl (C=O) groups is 1. The molecule has 3 N–H and O–H groups in total. The Bertz CT molecular complexity index is 935. The van der Waals surface area contributed by atoms with E-state index in [0.717, 1.165) is 11.1 Å². The third kappa shape index (κ3) is 2.12. The van der Waals surface area contributed by atoms with Crippen LogP contribution in [0.1, 0.15) is 40.8 Å². The molecule has 0 aliphatic carbocycles. The zero-order valence-electron chi connectivity index (χ0n) is 12.3. The van der Waals surface area contributed by atoms with Crippen molar-refractivity contribution in [1.29, 1.82) is 0 Å². The molecule has 8 heteroatoms. The van der Waals surface area contributed by atoms with Gasteiger partial charge in [0.25, 0.3) is 5.78 Å². The van der Waals surface area contributed by atoms with E-state index in [1.165, 1.54) is 23.1 Å². The van der Waals surface area contributed by atoms with E-state index in [4.69, 9.17) is 5.73 Å². The van der Waals surface area contributed by atoms with Gasteiger partial charge in [0.2, 0.25) is 0 Å². The zero-order chi connectivity index (χ0) is 16.0. The maximum Gasteiger partial charge on any atom is 0.438 e. The van der Waals surface area contributed by atoms with Crippen molar-refractivity contribution in [2.75, 3.05) is 5.73 Å².